The molecule has 0 unspecified atom stereocenters. The fourth-order valence-electron chi connectivity index (χ4n) is 7.56. The lowest BCUT2D eigenvalue weighted by Crippen LogP contribution is -2.61. The van der Waals surface area contributed by atoms with Crippen molar-refractivity contribution in [2.24, 2.45) is 0 Å². The zero-order chi connectivity index (χ0) is 34.1. The highest BCUT2D eigenvalue weighted by Crippen LogP contribution is 2.37. The average molecular weight is 670 g/mol. The van der Waals surface area contributed by atoms with Gasteiger partial charge in [-0.1, -0.05) is 51.9 Å². The number of urea groups is 1. The van der Waals surface area contributed by atoms with Crippen LogP contribution < -0.4 is 9.64 Å². The minimum atomic E-state index is -4.82. The molecule has 5 rings (SSSR count). The molecule has 1 aromatic rings. The van der Waals surface area contributed by atoms with Crippen LogP contribution in [-0.2, 0) is 14.1 Å². The first-order chi connectivity index (χ1) is 23.3. The van der Waals surface area contributed by atoms with Gasteiger partial charge >= 0.3 is 19.0 Å². The number of hydrogen-bond donors (Lipinski definition) is 0. The fraction of sp³-hybridized carbons (Fsp3) is 0.649. The lowest BCUT2D eigenvalue weighted by Gasteiger charge is -2.40. The molecule has 0 spiro atoms. The second-order valence-electron chi connectivity index (χ2n) is 13.6. The monoisotopic (exact) mass is 669 g/mol. The van der Waals surface area contributed by atoms with E-state index in [1.807, 2.05) is 18.2 Å². The first kappa shape index (κ1) is 35.9. The molecule has 2 fully saturated rings. The normalized spacial score (nSPS) is 20.6. The largest absolute Gasteiger partial charge is 0.728 e. The molecule has 2 aliphatic carbocycles. The van der Waals surface area contributed by atoms with Gasteiger partial charge in [-0.3, -0.25) is 0 Å². The molecule has 1 aromatic carbocycles. The van der Waals surface area contributed by atoms with E-state index in [0.29, 0.717) is 43.6 Å². The van der Waals surface area contributed by atoms with Crippen LogP contribution in [0.3, 0.4) is 0 Å². The molecule has 0 atom stereocenters. The number of hydrogen-bond acceptors (Lipinski definition) is 6. The van der Waals surface area contributed by atoms with E-state index in [4.69, 9.17) is 14.0 Å². The number of benzene rings is 1. The first-order valence-corrected chi connectivity index (χ1v) is 18.6. The minimum Gasteiger partial charge on any atom is -0.627 e. The van der Waals surface area contributed by atoms with Crippen molar-refractivity contribution in [3.05, 3.63) is 41.2 Å². The van der Waals surface area contributed by atoms with Gasteiger partial charge in [0.15, 0.2) is 5.57 Å². The molecule has 2 heterocycles. The molecular weight excluding hydrogens is 615 g/mol. The van der Waals surface area contributed by atoms with E-state index in [2.05, 4.69) is 25.7 Å². The fourth-order valence-corrected chi connectivity index (χ4v) is 7.56. The number of carbonyl (C=O) groups is 2. The summed E-state index contributed by atoms with van der Waals surface area (Å²) in [6, 6.07) is 4.73. The van der Waals surface area contributed by atoms with Gasteiger partial charge in [-0.25, -0.2) is 4.79 Å². The predicted molar refractivity (Wildman–Crippen MR) is 186 cm³/mol. The summed E-state index contributed by atoms with van der Waals surface area (Å²) in [5, 5.41) is 0. The van der Waals surface area contributed by atoms with E-state index in [1.165, 1.54) is 41.2 Å². The zero-order valence-electron chi connectivity index (χ0n) is 29.2. The Labute approximate surface area is 285 Å². The summed E-state index contributed by atoms with van der Waals surface area (Å²) in [6.45, 7) is 8.60. The van der Waals surface area contributed by atoms with Crippen LogP contribution in [0.4, 0.5) is 19.1 Å². The maximum Gasteiger partial charge on any atom is 0.728 e. The van der Waals surface area contributed by atoms with Crippen molar-refractivity contribution in [1.82, 2.24) is 4.90 Å². The van der Waals surface area contributed by atoms with Crippen molar-refractivity contribution < 1.29 is 36.8 Å². The van der Waals surface area contributed by atoms with Crippen LogP contribution in [0.25, 0.3) is 6.08 Å². The molecule has 11 heteroatoms. The zero-order valence-corrected chi connectivity index (χ0v) is 29.2. The number of rotatable bonds is 15. The molecule has 2 saturated carbocycles. The van der Waals surface area contributed by atoms with Crippen molar-refractivity contribution in [2.75, 3.05) is 24.6 Å². The van der Waals surface area contributed by atoms with Crippen LogP contribution in [0.5, 0.6) is 5.75 Å². The minimum absolute atomic E-state index is 0.107. The van der Waals surface area contributed by atoms with Crippen LogP contribution in [0.1, 0.15) is 129 Å². The molecule has 0 bridgehead atoms. The Morgan fingerprint density at radius 1 is 0.896 bits per heavy atom. The van der Waals surface area contributed by atoms with Crippen LogP contribution in [0.15, 0.2) is 35.6 Å². The quantitative estimate of drug-likeness (QED) is 0.106. The summed E-state index contributed by atoms with van der Waals surface area (Å²) in [5.74, 6) is -0.635. The Bertz CT molecular complexity index is 1380. The molecule has 0 N–H and O–H groups in total. The highest BCUT2D eigenvalue weighted by Gasteiger charge is 2.56. The van der Waals surface area contributed by atoms with E-state index in [1.54, 1.807) is 6.08 Å². The number of anilines is 1. The Kier molecular flexibility index (Phi) is 12.6. The smallest absolute Gasteiger partial charge is 0.627 e. The maximum atomic E-state index is 15.2. The molecule has 0 saturated heterocycles. The summed E-state index contributed by atoms with van der Waals surface area (Å²) in [5.41, 5.74) is 1.59. The van der Waals surface area contributed by atoms with Gasteiger partial charge in [-0.05, 0) is 95.9 Å². The van der Waals surface area contributed by atoms with Crippen LogP contribution in [0, 0.1) is 0 Å². The number of carbonyl (C=O) groups excluding carboxylic acids is 2. The molecule has 0 radical (unpaired) electrons. The number of allylic oxidation sites excluding steroid dienone is 1. The van der Waals surface area contributed by atoms with Crippen molar-refractivity contribution in [3.63, 3.8) is 0 Å². The van der Waals surface area contributed by atoms with E-state index in [0.717, 1.165) is 70.1 Å². The molecule has 8 nitrogen and oxygen atoms in total. The lowest BCUT2D eigenvalue weighted by molar-refractivity contribution is -0.492. The Morgan fingerprint density at radius 3 is 2.25 bits per heavy atom. The van der Waals surface area contributed by atoms with E-state index >= 15 is 8.63 Å². The van der Waals surface area contributed by atoms with Gasteiger partial charge in [0.25, 0.3) is 5.90 Å². The maximum absolute atomic E-state index is 15.2. The van der Waals surface area contributed by atoms with Crippen molar-refractivity contribution >= 4 is 36.7 Å². The van der Waals surface area contributed by atoms with Crippen LogP contribution in [0.2, 0.25) is 0 Å². The Balaban J connectivity index is 1.52. The average Bonchev–Trinajstić information content (AvgIpc) is 3.08. The number of amides is 3. The highest BCUT2D eigenvalue weighted by atomic mass is 19.3. The number of nitrogens with zero attached hydrogens (tertiary/aromatic N) is 3. The number of unbranched alkanes of at least 4 members (excludes halogenated alkanes) is 5. The molecule has 264 valence electrons. The van der Waals surface area contributed by atoms with Crippen LogP contribution >= 0.6 is 0 Å². The lowest BCUT2D eigenvalue weighted by atomic mass is 9.91. The van der Waals surface area contributed by atoms with Gasteiger partial charge < -0.3 is 27.6 Å². The Hall–Kier alpha value is -3.37. The van der Waals surface area contributed by atoms with Gasteiger partial charge in [-0.2, -0.15) is 14.3 Å². The number of imide groups is 1. The van der Waals surface area contributed by atoms with Gasteiger partial charge in [-0.15, -0.1) is 0 Å². The molecular formula is C37H54BF2N3O5. The summed E-state index contributed by atoms with van der Waals surface area (Å²) in [7, 11) is -4.82. The van der Waals surface area contributed by atoms with E-state index in [-0.39, 0.29) is 29.3 Å². The second-order valence-corrected chi connectivity index (χ2v) is 13.6. The standard InChI is InChI=1S/C37H54BF2N3O5/c1-4-7-8-9-10-17-26-46-33-27-31(41(5-2)6-3)24-22-28(33)23-25-32-34-35(44)42(29-18-13-11-14-19-29)37(45)43(30-20-15-12-16-21-30)36(34)48-38(39,40)47-32/h22-25,27,29-30H,4-21,26H2,1-3H3. The SMILES string of the molecule is CCCCCCCCOc1cc(N(CC)CC)ccc1/C=C/C1=C2C(=O)N(C3CCCCC3)C(=O)[N+](C3CCCCC3)=C2O[B-](F)(F)O1. The summed E-state index contributed by atoms with van der Waals surface area (Å²) < 4.78 is 48.5. The third-order valence-corrected chi connectivity index (χ3v) is 10.2. The highest BCUT2D eigenvalue weighted by molar-refractivity contribution is 6.56. The van der Waals surface area contributed by atoms with Gasteiger partial charge in [0.2, 0.25) is 0 Å². The molecule has 4 aliphatic rings. The Morgan fingerprint density at radius 2 is 1.56 bits per heavy atom. The topological polar surface area (TPSA) is 71.3 Å². The molecule has 0 aromatic heterocycles. The third kappa shape index (κ3) is 8.43. The second kappa shape index (κ2) is 16.8. The molecule has 3 amide bonds. The number of fused-ring (bicyclic) bond motifs is 1. The van der Waals surface area contributed by atoms with Gasteiger partial charge in [0.1, 0.15) is 17.8 Å². The van der Waals surface area contributed by atoms with Crippen molar-refractivity contribution in [3.8, 4) is 5.75 Å². The van der Waals surface area contributed by atoms with E-state index < -0.39 is 19.0 Å². The number of ether oxygens (including phenoxy) is 1. The van der Waals surface area contributed by atoms with E-state index in [9.17, 15) is 9.59 Å². The molecule has 2 aliphatic heterocycles. The van der Waals surface area contributed by atoms with Gasteiger partial charge in [0.05, 0.1) is 12.4 Å². The van der Waals surface area contributed by atoms with Gasteiger partial charge in [0, 0.05) is 30.4 Å². The van der Waals surface area contributed by atoms with Crippen LogP contribution in [-0.4, -0.2) is 66.2 Å². The van der Waals surface area contributed by atoms with Crippen molar-refractivity contribution in [1.29, 1.82) is 0 Å². The van der Waals surface area contributed by atoms with Crippen molar-refractivity contribution in [2.45, 2.75) is 136 Å². The third-order valence-electron chi connectivity index (χ3n) is 10.2. The summed E-state index contributed by atoms with van der Waals surface area (Å²) in [4.78, 5) is 31.8. The number of halogens is 2. The summed E-state index contributed by atoms with van der Waals surface area (Å²) in [6.07, 6.45) is 18.3. The molecule has 48 heavy (non-hydrogen) atoms. The first-order valence-electron chi connectivity index (χ1n) is 18.6. The summed E-state index contributed by atoms with van der Waals surface area (Å²) >= 11 is 0. The predicted octanol–water partition coefficient (Wildman–Crippen LogP) is 9.00.